The maximum absolute atomic E-state index is 13.8. The normalized spacial score (nSPS) is 15.7. The van der Waals surface area contributed by atoms with Gasteiger partial charge in [0.05, 0.1) is 4.90 Å². The number of hydrogen-bond acceptors (Lipinski definition) is 4. The SMILES string of the molecule is O=C(NCc1ccccc1)C1CN(C(=O)Nc2ccc(F)cc2)CCN1S(=O)(=O)c1ccc(-c2ccccc2)cc1. The molecule has 1 aliphatic rings. The van der Waals surface area contributed by atoms with Crippen LogP contribution in [0.15, 0.2) is 114 Å². The lowest BCUT2D eigenvalue weighted by molar-refractivity contribution is -0.126. The summed E-state index contributed by atoms with van der Waals surface area (Å²) in [6.07, 6.45) is 0. The largest absolute Gasteiger partial charge is 0.351 e. The number of hydrogen-bond donors (Lipinski definition) is 2. The van der Waals surface area contributed by atoms with Crippen LogP contribution in [0.3, 0.4) is 0 Å². The van der Waals surface area contributed by atoms with Crippen molar-refractivity contribution in [2.45, 2.75) is 17.5 Å². The summed E-state index contributed by atoms with van der Waals surface area (Å²) in [5.41, 5.74) is 3.06. The molecular formula is C31H29FN4O4S. The Morgan fingerprint density at radius 1 is 0.780 bits per heavy atom. The van der Waals surface area contributed by atoms with E-state index in [-0.39, 0.29) is 31.1 Å². The molecule has 1 saturated heterocycles. The van der Waals surface area contributed by atoms with Crippen molar-refractivity contribution in [3.05, 3.63) is 121 Å². The number of amides is 3. The third-order valence-corrected chi connectivity index (χ3v) is 8.82. The molecule has 1 fully saturated rings. The fourth-order valence-corrected chi connectivity index (χ4v) is 6.25. The van der Waals surface area contributed by atoms with Crippen molar-refractivity contribution in [1.82, 2.24) is 14.5 Å². The number of halogens is 1. The first-order valence-corrected chi connectivity index (χ1v) is 14.6. The first-order chi connectivity index (χ1) is 19.8. The molecule has 1 heterocycles. The van der Waals surface area contributed by atoms with E-state index in [1.165, 1.54) is 41.3 Å². The van der Waals surface area contributed by atoms with E-state index < -0.39 is 33.8 Å². The Morgan fingerprint density at radius 2 is 1.39 bits per heavy atom. The number of rotatable bonds is 7. The van der Waals surface area contributed by atoms with Crippen molar-refractivity contribution in [3.8, 4) is 11.1 Å². The van der Waals surface area contributed by atoms with E-state index in [1.54, 1.807) is 12.1 Å². The van der Waals surface area contributed by atoms with Gasteiger partial charge < -0.3 is 15.5 Å². The van der Waals surface area contributed by atoms with E-state index in [4.69, 9.17) is 0 Å². The van der Waals surface area contributed by atoms with Crippen LogP contribution in [0, 0.1) is 5.82 Å². The molecule has 210 valence electrons. The van der Waals surface area contributed by atoms with E-state index in [1.807, 2.05) is 60.7 Å². The Morgan fingerprint density at radius 3 is 2.05 bits per heavy atom. The van der Waals surface area contributed by atoms with Crippen molar-refractivity contribution in [1.29, 1.82) is 0 Å². The maximum atomic E-state index is 13.8. The summed E-state index contributed by atoms with van der Waals surface area (Å²) in [5.74, 6) is -0.952. The maximum Gasteiger partial charge on any atom is 0.321 e. The van der Waals surface area contributed by atoms with Crippen molar-refractivity contribution < 1.29 is 22.4 Å². The van der Waals surface area contributed by atoms with Crippen LogP contribution in [0.25, 0.3) is 11.1 Å². The zero-order chi connectivity index (χ0) is 28.8. The molecule has 0 saturated carbocycles. The molecular weight excluding hydrogens is 543 g/mol. The lowest BCUT2D eigenvalue weighted by atomic mass is 10.1. The van der Waals surface area contributed by atoms with Crippen LogP contribution in [0.5, 0.6) is 0 Å². The highest BCUT2D eigenvalue weighted by molar-refractivity contribution is 7.89. The van der Waals surface area contributed by atoms with Gasteiger partial charge in [0, 0.05) is 31.9 Å². The van der Waals surface area contributed by atoms with Crippen molar-refractivity contribution in [2.24, 2.45) is 0 Å². The van der Waals surface area contributed by atoms with Gasteiger partial charge in [-0.15, -0.1) is 0 Å². The Hall–Kier alpha value is -4.54. The summed E-state index contributed by atoms with van der Waals surface area (Å²) >= 11 is 0. The zero-order valence-corrected chi connectivity index (χ0v) is 22.9. The van der Waals surface area contributed by atoms with Crippen LogP contribution < -0.4 is 10.6 Å². The van der Waals surface area contributed by atoms with Crippen LogP contribution in [-0.2, 0) is 21.4 Å². The average molecular weight is 573 g/mol. The summed E-state index contributed by atoms with van der Waals surface area (Å²) in [7, 11) is -4.08. The van der Waals surface area contributed by atoms with Gasteiger partial charge in [-0.25, -0.2) is 17.6 Å². The molecule has 1 unspecified atom stereocenters. The topological polar surface area (TPSA) is 98.8 Å². The second kappa shape index (κ2) is 12.3. The first-order valence-electron chi connectivity index (χ1n) is 13.1. The highest BCUT2D eigenvalue weighted by atomic mass is 32.2. The number of carbonyl (C=O) groups is 2. The molecule has 1 atom stereocenters. The van der Waals surface area contributed by atoms with E-state index in [2.05, 4.69) is 10.6 Å². The fraction of sp³-hybridized carbons (Fsp3) is 0.161. The quantitative estimate of drug-likeness (QED) is 0.335. The number of urea groups is 1. The molecule has 41 heavy (non-hydrogen) atoms. The number of carbonyl (C=O) groups excluding carboxylic acids is 2. The molecule has 0 spiro atoms. The van der Waals surface area contributed by atoms with Crippen LogP contribution in [0.2, 0.25) is 0 Å². The number of anilines is 1. The number of nitrogens with zero attached hydrogens (tertiary/aromatic N) is 2. The van der Waals surface area contributed by atoms with Gasteiger partial charge in [-0.05, 0) is 53.1 Å². The average Bonchev–Trinajstić information content (AvgIpc) is 3.01. The van der Waals surface area contributed by atoms with Gasteiger partial charge in [0.2, 0.25) is 15.9 Å². The molecule has 4 aromatic rings. The molecule has 10 heteroatoms. The molecule has 3 amide bonds. The number of nitrogens with one attached hydrogen (secondary N) is 2. The molecule has 2 N–H and O–H groups in total. The fourth-order valence-electron chi connectivity index (χ4n) is 4.68. The van der Waals surface area contributed by atoms with Crippen LogP contribution in [0.4, 0.5) is 14.9 Å². The van der Waals surface area contributed by atoms with Gasteiger partial charge in [-0.3, -0.25) is 4.79 Å². The number of sulfonamides is 1. The standard InChI is InChI=1S/C31H29FN4O4S/c32-26-13-15-27(16-14-26)34-31(38)35-19-20-36(29(22-35)30(37)33-21-23-7-3-1-4-8-23)41(39,40)28-17-11-25(12-18-28)24-9-5-2-6-10-24/h1-18,29H,19-22H2,(H,33,37)(H,34,38). The lowest BCUT2D eigenvalue weighted by Gasteiger charge is -2.39. The van der Waals surface area contributed by atoms with Gasteiger partial charge in [0.1, 0.15) is 11.9 Å². The Labute approximate surface area is 238 Å². The van der Waals surface area contributed by atoms with Gasteiger partial charge in [-0.2, -0.15) is 4.31 Å². The number of benzene rings is 4. The van der Waals surface area contributed by atoms with Crippen molar-refractivity contribution in [3.63, 3.8) is 0 Å². The first kappa shape index (κ1) is 28.0. The molecule has 4 aromatic carbocycles. The van der Waals surface area contributed by atoms with E-state index in [0.717, 1.165) is 21.0 Å². The van der Waals surface area contributed by atoms with Gasteiger partial charge in [0.15, 0.2) is 0 Å². The van der Waals surface area contributed by atoms with Crippen LogP contribution >= 0.6 is 0 Å². The summed E-state index contributed by atoms with van der Waals surface area (Å²) in [6, 6.07) is 29.0. The lowest BCUT2D eigenvalue weighted by Crippen LogP contribution is -2.61. The van der Waals surface area contributed by atoms with Crippen molar-refractivity contribution in [2.75, 3.05) is 25.0 Å². The third-order valence-electron chi connectivity index (χ3n) is 6.89. The molecule has 1 aliphatic heterocycles. The molecule has 0 aromatic heterocycles. The van der Waals surface area contributed by atoms with Crippen LogP contribution in [-0.4, -0.2) is 55.2 Å². The van der Waals surface area contributed by atoms with E-state index >= 15 is 0 Å². The minimum Gasteiger partial charge on any atom is -0.351 e. The zero-order valence-electron chi connectivity index (χ0n) is 22.1. The highest BCUT2D eigenvalue weighted by Gasteiger charge is 2.41. The Balaban J connectivity index is 1.37. The molecule has 0 bridgehead atoms. The molecule has 8 nitrogen and oxygen atoms in total. The smallest absolute Gasteiger partial charge is 0.321 e. The second-order valence-corrected chi connectivity index (χ2v) is 11.5. The molecule has 0 radical (unpaired) electrons. The predicted octanol–water partition coefficient (Wildman–Crippen LogP) is 4.72. The van der Waals surface area contributed by atoms with Gasteiger partial charge >= 0.3 is 6.03 Å². The second-order valence-electron chi connectivity index (χ2n) is 9.61. The van der Waals surface area contributed by atoms with Crippen LogP contribution in [0.1, 0.15) is 5.56 Å². The predicted molar refractivity (Wildman–Crippen MR) is 155 cm³/mol. The molecule has 5 rings (SSSR count). The summed E-state index contributed by atoms with van der Waals surface area (Å²) < 4.78 is 42.1. The summed E-state index contributed by atoms with van der Waals surface area (Å²) in [4.78, 5) is 27.9. The molecule has 0 aliphatic carbocycles. The highest BCUT2D eigenvalue weighted by Crippen LogP contribution is 2.26. The van der Waals surface area contributed by atoms with E-state index in [9.17, 15) is 22.4 Å². The third kappa shape index (κ3) is 6.62. The Bertz CT molecular complexity index is 1600. The number of piperazine rings is 1. The summed E-state index contributed by atoms with van der Waals surface area (Å²) in [5, 5.41) is 5.51. The minimum absolute atomic E-state index is 0.0576. The van der Waals surface area contributed by atoms with E-state index in [0.29, 0.717) is 5.69 Å². The summed E-state index contributed by atoms with van der Waals surface area (Å²) in [6.45, 7) is 0.0342. The Kier molecular flexibility index (Phi) is 8.42. The van der Waals surface area contributed by atoms with Crippen molar-refractivity contribution >= 4 is 27.6 Å². The monoisotopic (exact) mass is 572 g/mol. The minimum atomic E-state index is -4.08. The van der Waals surface area contributed by atoms with Gasteiger partial charge in [-0.1, -0.05) is 72.8 Å². The van der Waals surface area contributed by atoms with Gasteiger partial charge in [0.25, 0.3) is 0 Å².